The molecule has 2 aliphatic rings. The predicted molar refractivity (Wildman–Crippen MR) is 198 cm³/mol. The number of esters is 1. The maximum atomic E-state index is 13.9. The van der Waals surface area contributed by atoms with Gasteiger partial charge in [0, 0.05) is 70.8 Å². The van der Waals surface area contributed by atoms with E-state index in [0.29, 0.717) is 48.8 Å². The minimum atomic E-state index is -0.928. The quantitative estimate of drug-likeness (QED) is 0.154. The van der Waals surface area contributed by atoms with Crippen LogP contribution in [0, 0.1) is 12.4 Å². The number of rotatable bonds is 12. The van der Waals surface area contributed by atoms with E-state index < -0.39 is 17.8 Å². The number of fused-ring (bicyclic) bond motifs is 1. The minimum absolute atomic E-state index is 0.00635. The Labute approximate surface area is 306 Å². The maximum absolute atomic E-state index is 13.9. The zero-order valence-electron chi connectivity index (χ0n) is 29.7. The molecule has 14 nitrogen and oxygen atoms in total. The molecule has 1 fully saturated rings. The lowest BCUT2D eigenvalue weighted by Crippen LogP contribution is -2.47. The summed E-state index contributed by atoms with van der Waals surface area (Å²) in [6.45, 7) is 13.8. The van der Waals surface area contributed by atoms with E-state index in [1.165, 1.54) is 31.1 Å². The third kappa shape index (κ3) is 9.35. The Balaban J connectivity index is 1.29. The van der Waals surface area contributed by atoms with Crippen molar-refractivity contribution in [2.24, 2.45) is 4.99 Å². The lowest BCUT2D eigenvalue weighted by Gasteiger charge is -2.34. The number of halogens is 1. The van der Waals surface area contributed by atoms with Crippen LogP contribution in [0.3, 0.4) is 0 Å². The molecule has 1 saturated heterocycles. The molecular formula is C38H39FN10O4. The number of hydrogen-bond donors (Lipinski definition) is 2. The summed E-state index contributed by atoms with van der Waals surface area (Å²) >= 11 is 0. The first-order chi connectivity index (χ1) is 25.6. The molecule has 0 aliphatic carbocycles. The highest BCUT2D eigenvalue weighted by atomic mass is 19.1. The zero-order chi connectivity index (χ0) is 37.5. The van der Waals surface area contributed by atoms with E-state index in [2.05, 4.69) is 40.3 Å². The van der Waals surface area contributed by atoms with E-state index in [4.69, 9.17) is 11.3 Å². The predicted octanol–water partition coefficient (Wildman–Crippen LogP) is 4.85. The number of anilines is 4. The molecule has 1 atom stereocenters. The normalized spacial score (nSPS) is 14.4. The third-order valence-electron chi connectivity index (χ3n) is 9.01. The number of amides is 2. The zero-order valence-corrected chi connectivity index (χ0v) is 29.7. The van der Waals surface area contributed by atoms with Gasteiger partial charge < -0.3 is 20.3 Å². The summed E-state index contributed by atoms with van der Waals surface area (Å²) in [6.07, 6.45) is 0.619. The van der Waals surface area contributed by atoms with Gasteiger partial charge in [-0.2, -0.15) is 15.0 Å². The second kappa shape index (κ2) is 16.4. The fourth-order valence-corrected chi connectivity index (χ4v) is 6.21. The van der Waals surface area contributed by atoms with E-state index in [9.17, 15) is 18.8 Å². The van der Waals surface area contributed by atoms with Gasteiger partial charge in [0.1, 0.15) is 11.9 Å². The van der Waals surface area contributed by atoms with Gasteiger partial charge in [0.2, 0.25) is 29.7 Å². The first-order valence-corrected chi connectivity index (χ1v) is 17.1. The van der Waals surface area contributed by atoms with Crippen molar-refractivity contribution in [2.75, 3.05) is 55.4 Å². The van der Waals surface area contributed by atoms with Gasteiger partial charge in [0.15, 0.2) is 5.69 Å². The Bertz CT molecular complexity index is 2080. The molecule has 6 rings (SSSR count). The van der Waals surface area contributed by atoms with Crippen molar-refractivity contribution in [3.63, 3.8) is 0 Å². The van der Waals surface area contributed by atoms with Gasteiger partial charge in [-0.25, -0.2) is 14.0 Å². The van der Waals surface area contributed by atoms with Crippen molar-refractivity contribution >= 4 is 58.4 Å². The van der Waals surface area contributed by atoms with E-state index in [1.54, 1.807) is 37.3 Å². The van der Waals surface area contributed by atoms with Gasteiger partial charge in [-0.05, 0) is 41.0 Å². The molecule has 1 aromatic heterocycles. The molecule has 4 aromatic rings. The summed E-state index contributed by atoms with van der Waals surface area (Å²) in [6, 6.07) is 18.1. The van der Waals surface area contributed by atoms with Gasteiger partial charge in [-0.15, -0.1) is 0 Å². The number of hydrogen-bond acceptors (Lipinski definition) is 11. The number of carbonyl (C=O) groups is 3. The number of nitrogens with one attached hydrogen (secondary N) is 2. The Morgan fingerprint density at radius 3 is 2.42 bits per heavy atom. The average Bonchev–Trinajstić information content (AvgIpc) is 3.55. The number of methoxy groups -OCH3 is 1. The highest BCUT2D eigenvalue weighted by Crippen LogP contribution is 2.29. The SMILES string of the molecule is [C-]#[N+]c1ccc(C[C@H](Nc2nc(Nc3cccc(CN4CCN(C(C)=O)CC4)c3)nc(N(CC3=Nc4cc(F)ccc4C3)C(C)=O)n2)C(=O)OC)cc1. The Morgan fingerprint density at radius 2 is 1.72 bits per heavy atom. The van der Waals surface area contributed by atoms with Crippen LogP contribution in [0.1, 0.15) is 30.5 Å². The van der Waals surface area contributed by atoms with Gasteiger partial charge in [-0.1, -0.05) is 42.5 Å². The van der Waals surface area contributed by atoms with Crippen LogP contribution >= 0.6 is 0 Å². The fraction of sp³-hybridized carbons (Fsp3) is 0.316. The van der Waals surface area contributed by atoms with Crippen molar-refractivity contribution in [3.8, 4) is 0 Å². The Kier molecular flexibility index (Phi) is 11.3. The van der Waals surface area contributed by atoms with Crippen molar-refractivity contribution in [1.29, 1.82) is 0 Å². The van der Waals surface area contributed by atoms with Gasteiger partial charge in [-0.3, -0.25) is 24.4 Å². The lowest BCUT2D eigenvalue weighted by atomic mass is 10.1. The fourth-order valence-electron chi connectivity index (χ4n) is 6.21. The van der Waals surface area contributed by atoms with Crippen LogP contribution in [0.4, 0.5) is 39.3 Å². The summed E-state index contributed by atoms with van der Waals surface area (Å²) in [7, 11) is 1.28. The summed E-state index contributed by atoms with van der Waals surface area (Å²) in [4.78, 5) is 65.2. The highest BCUT2D eigenvalue weighted by molar-refractivity contribution is 6.02. The maximum Gasteiger partial charge on any atom is 0.328 e. The number of piperazine rings is 1. The second-order valence-electron chi connectivity index (χ2n) is 12.8. The monoisotopic (exact) mass is 718 g/mol. The van der Waals surface area contributed by atoms with Crippen molar-refractivity contribution < 1.29 is 23.5 Å². The smallest absolute Gasteiger partial charge is 0.328 e. The number of ether oxygens (including phenoxy) is 1. The molecular weight excluding hydrogens is 679 g/mol. The topological polar surface area (TPSA) is 150 Å². The average molecular weight is 719 g/mol. The summed E-state index contributed by atoms with van der Waals surface area (Å²) < 4.78 is 19.0. The molecule has 272 valence electrons. The summed E-state index contributed by atoms with van der Waals surface area (Å²) in [5.41, 5.74) is 4.94. The van der Waals surface area contributed by atoms with E-state index >= 15 is 0 Å². The Hall–Kier alpha value is -6.27. The molecule has 2 N–H and O–H groups in total. The summed E-state index contributed by atoms with van der Waals surface area (Å²) in [5.74, 6) is -1.13. The second-order valence-corrected chi connectivity index (χ2v) is 12.8. The van der Waals surface area contributed by atoms with E-state index in [0.717, 1.165) is 29.8 Å². The minimum Gasteiger partial charge on any atom is -0.467 e. The van der Waals surface area contributed by atoms with Gasteiger partial charge in [0.05, 0.1) is 25.9 Å². The molecule has 0 saturated carbocycles. The molecule has 2 aliphatic heterocycles. The molecule has 53 heavy (non-hydrogen) atoms. The highest BCUT2D eigenvalue weighted by Gasteiger charge is 2.26. The molecule has 15 heteroatoms. The van der Waals surface area contributed by atoms with Crippen molar-refractivity contribution in [3.05, 3.63) is 101 Å². The molecule has 0 spiro atoms. The molecule has 3 heterocycles. The first-order valence-electron chi connectivity index (χ1n) is 17.1. The number of carbonyl (C=O) groups excluding carboxylic acids is 3. The lowest BCUT2D eigenvalue weighted by molar-refractivity contribution is -0.141. The van der Waals surface area contributed by atoms with Crippen molar-refractivity contribution in [1.82, 2.24) is 24.8 Å². The van der Waals surface area contributed by atoms with Crippen LogP contribution in [0.15, 0.2) is 71.7 Å². The standard InChI is InChI=1S/C38H39FN10O4/c1-24(50)48-16-14-47(15-17-48)22-27-6-5-7-31(18-27)42-36-44-37(43-34(35(52)53-4)19-26-8-12-30(40-3)13-9-26)46-38(45-36)49(25(2)51)23-32-20-28-10-11-29(39)21-33(28)41-32/h5-13,18,21,34H,14-17,19-20,22-23H2,1-2,4H3,(H2,42,43,44,45,46)/t34-/m0/s1. The number of aromatic nitrogens is 3. The van der Waals surface area contributed by atoms with Crippen molar-refractivity contribution in [2.45, 2.75) is 39.3 Å². The molecule has 0 bridgehead atoms. The Morgan fingerprint density at radius 1 is 0.962 bits per heavy atom. The van der Waals surface area contributed by atoms with Crippen LogP contribution in [0.25, 0.3) is 4.85 Å². The van der Waals surface area contributed by atoms with Gasteiger partial charge >= 0.3 is 5.97 Å². The van der Waals surface area contributed by atoms with E-state index in [1.807, 2.05) is 29.2 Å². The van der Waals surface area contributed by atoms with Crippen LogP contribution in [0.2, 0.25) is 0 Å². The van der Waals surface area contributed by atoms with Crippen LogP contribution in [0.5, 0.6) is 0 Å². The van der Waals surface area contributed by atoms with E-state index in [-0.39, 0.29) is 42.6 Å². The van der Waals surface area contributed by atoms with Crippen LogP contribution in [-0.2, 0) is 38.5 Å². The van der Waals surface area contributed by atoms with Gasteiger partial charge in [0.25, 0.3) is 0 Å². The van der Waals surface area contributed by atoms with Crippen LogP contribution < -0.4 is 15.5 Å². The number of benzene rings is 3. The first kappa shape index (κ1) is 36.5. The molecule has 0 radical (unpaired) electrons. The molecule has 0 unspecified atom stereocenters. The summed E-state index contributed by atoms with van der Waals surface area (Å²) in [5, 5.41) is 6.32. The largest absolute Gasteiger partial charge is 0.467 e. The number of nitrogens with zero attached hydrogens (tertiary/aromatic N) is 8. The number of aliphatic imine (C=N–C) groups is 1. The molecule has 2 amide bonds. The van der Waals surface area contributed by atoms with Crippen LogP contribution in [-0.4, -0.2) is 94.1 Å². The molecule has 3 aromatic carbocycles. The third-order valence-corrected chi connectivity index (χ3v) is 9.01.